The van der Waals surface area contributed by atoms with E-state index in [-0.39, 0.29) is 11.8 Å². The molecule has 0 aromatic heterocycles. The van der Waals surface area contributed by atoms with Gasteiger partial charge in [-0.05, 0) is 55.7 Å². The monoisotopic (exact) mass is 344 g/mol. The van der Waals surface area contributed by atoms with Crippen molar-refractivity contribution in [2.45, 2.75) is 20.8 Å². The summed E-state index contributed by atoms with van der Waals surface area (Å²) < 4.78 is 5.50. The minimum Gasteiger partial charge on any atom is -0.423 e. The molecule has 0 N–H and O–H groups in total. The molecule has 0 spiro atoms. The van der Waals surface area contributed by atoms with Crippen molar-refractivity contribution in [3.8, 4) is 16.9 Å². The maximum atomic E-state index is 12.4. The normalized spacial score (nSPS) is 10.4. The first-order chi connectivity index (χ1) is 12.4. The lowest BCUT2D eigenvalue weighted by atomic mass is 10.0. The molecule has 0 saturated carbocycles. The van der Waals surface area contributed by atoms with Gasteiger partial charge in [0.1, 0.15) is 5.75 Å². The Balaban J connectivity index is 1.76. The Morgan fingerprint density at radius 2 is 1.27 bits per heavy atom. The van der Waals surface area contributed by atoms with Crippen molar-refractivity contribution in [3.63, 3.8) is 0 Å². The molecular weight excluding hydrogens is 324 g/mol. The van der Waals surface area contributed by atoms with Gasteiger partial charge in [0.15, 0.2) is 5.78 Å². The molecule has 3 rings (SSSR count). The number of aryl methyl sites for hydroxylation is 2. The number of rotatable bonds is 4. The van der Waals surface area contributed by atoms with Crippen molar-refractivity contribution in [2.75, 3.05) is 0 Å². The van der Waals surface area contributed by atoms with Crippen molar-refractivity contribution < 1.29 is 14.3 Å². The van der Waals surface area contributed by atoms with Crippen LogP contribution in [0.2, 0.25) is 0 Å². The fraction of sp³-hybridized carbons (Fsp3) is 0.130. The Morgan fingerprint density at radius 1 is 0.731 bits per heavy atom. The highest BCUT2D eigenvalue weighted by molar-refractivity contribution is 5.94. The molecule has 0 fully saturated rings. The van der Waals surface area contributed by atoms with Crippen LogP contribution in [0.25, 0.3) is 11.1 Å². The topological polar surface area (TPSA) is 43.4 Å². The number of esters is 1. The zero-order valence-electron chi connectivity index (χ0n) is 15.1. The summed E-state index contributed by atoms with van der Waals surface area (Å²) in [6.45, 7) is 5.47. The standard InChI is InChI=1S/C23H20O3/c1-15-4-13-22(16(2)14-15)26-23(25)21-11-9-20(10-12-21)19-7-5-18(6-8-19)17(3)24/h4-14H,1-3H3. The zero-order chi connectivity index (χ0) is 18.7. The van der Waals surface area contributed by atoms with Crippen LogP contribution in [0.15, 0.2) is 66.7 Å². The van der Waals surface area contributed by atoms with E-state index in [1.54, 1.807) is 31.2 Å². The van der Waals surface area contributed by atoms with Crippen LogP contribution in [0.3, 0.4) is 0 Å². The fourth-order valence-corrected chi connectivity index (χ4v) is 2.77. The number of benzene rings is 3. The van der Waals surface area contributed by atoms with Crippen LogP contribution >= 0.6 is 0 Å². The van der Waals surface area contributed by atoms with Crippen molar-refractivity contribution in [2.24, 2.45) is 0 Å². The minimum absolute atomic E-state index is 0.0426. The van der Waals surface area contributed by atoms with E-state index in [1.165, 1.54) is 0 Å². The molecule has 0 heterocycles. The Labute approximate surface area is 153 Å². The summed E-state index contributed by atoms with van der Waals surface area (Å²) in [5.41, 5.74) is 5.20. The molecule has 0 aliphatic rings. The van der Waals surface area contributed by atoms with E-state index in [0.29, 0.717) is 16.9 Å². The van der Waals surface area contributed by atoms with E-state index >= 15 is 0 Å². The highest BCUT2D eigenvalue weighted by Gasteiger charge is 2.11. The van der Waals surface area contributed by atoms with Crippen molar-refractivity contribution in [1.29, 1.82) is 0 Å². The van der Waals surface area contributed by atoms with Crippen LogP contribution in [-0.4, -0.2) is 11.8 Å². The van der Waals surface area contributed by atoms with Crippen LogP contribution in [-0.2, 0) is 0 Å². The molecule has 3 heteroatoms. The third kappa shape index (κ3) is 3.89. The molecule has 0 unspecified atom stereocenters. The first-order valence-corrected chi connectivity index (χ1v) is 8.45. The molecule has 0 aliphatic heterocycles. The molecule has 3 aromatic carbocycles. The first-order valence-electron chi connectivity index (χ1n) is 8.45. The maximum absolute atomic E-state index is 12.4. The van der Waals surface area contributed by atoms with Crippen LogP contribution in [0.1, 0.15) is 38.8 Å². The molecule has 0 saturated heterocycles. The second-order valence-corrected chi connectivity index (χ2v) is 6.37. The summed E-state index contributed by atoms with van der Waals surface area (Å²) in [5, 5.41) is 0. The van der Waals surface area contributed by atoms with E-state index in [0.717, 1.165) is 22.3 Å². The van der Waals surface area contributed by atoms with Gasteiger partial charge in [-0.15, -0.1) is 0 Å². The Kier molecular flexibility index (Phi) is 4.99. The predicted octanol–water partition coefficient (Wildman–Crippen LogP) is 5.39. The lowest BCUT2D eigenvalue weighted by Gasteiger charge is -2.09. The average Bonchev–Trinajstić information content (AvgIpc) is 2.64. The molecule has 3 nitrogen and oxygen atoms in total. The van der Waals surface area contributed by atoms with Gasteiger partial charge in [-0.3, -0.25) is 4.79 Å². The number of ether oxygens (including phenoxy) is 1. The second kappa shape index (κ2) is 7.36. The zero-order valence-corrected chi connectivity index (χ0v) is 15.1. The van der Waals surface area contributed by atoms with Crippen molar-refractivity contribution in [3.05, 3.63) is 89.0 Å². The highest BCUT2D eigenvalue weighted by Crippen LogP contribution is 2.23. The molecule has 130 valence electrons. The second-order valence-electron chi connectivity index (χ2n) is 6.37. The van der Waals surface area contributed by atoms with Gasteiger partial charge in [0.2, 0.25) is 0 Å². The van der Waals surface area contributed by atoms with Gasteiger partial charge in [-0.2, -0.15) is 0 Å². The van der Waals surface area contributed by atoms with E-state index < -0.39 is 0 Å². The van der Waals surface area contributed by atoms with Crippen LogP contribution < -0.4 is 4.74 Å². The Bertz CT molecular complexity index is 952. The third-order valence-electron chi connectivity index (χ3n) is 4.28. The largest absolute Gasteiger partial charge is 0.423 e. The van der Waals surface area contributed by atoms with Gasteiger partial charge in [0.05, 0.1) is 5.56 Å². The summed E-state index contributed by atoms with van der Waals surface area (Å²) in [5.74, 6) is 0.237. The molecule has 26 heavy (non-hydrogen) atoms. The number of hydrogen-bond donors (Lipinski definition) is 0. The summed E-state index contributed by atoms with van der Waals surface area (Å²) in [4.78, 5) is 23.7. The van der Waals surface area contributed by atoms with Crippen LogP contribution in [0, 0.1) is 13.8 Å². The van der Waals surface area contributed by atoms with Crippen LogP contribution in [0.4, 0.5) is 0 Å². The van der Waals surface area contributed by atoms with Gasteiger partial charge in [0, 0.05) is 5.56 Å². The smallest absolute Gasteiger partial charge is 0.343 e. The summed E-state index contributed by atoms with van der Waals surface area (Å²) >= 11 is 0. The van der Waals surface area contributed by atoms with Crippen molar-refractivity contribution >= 4 is 11.8 Å². The predicted molar refractivity (Wildman–Crippen MR) is 103 cm³/mol. The summed E-state index contributed by atoms with van der Waals surface area (Å²) in [6.07, 6.45) is 0. The number of Topliss-reactive ketones (excluding diaryl/α,β-unsaturated/α-hetero) is 1. The maximum Gasteiger partial charge on any atom is 0.343 e. The SMILES string of the molecule is CC(=O)c1ccc(-c2ccc(C(=O)Oc3ccc(C)cc3C)cc2)cc1. The van der Waals surface area contributed by atoms with E-state index in [9.17, 15) is 9.59 Å². The third-order valence-corrected chi connectivity index (χ3v) is 4.28. The molecular formula is C23H20O3. The average molecular weight is 344 g/mol. The molecule has 0 bridgehead atoms. The van der Waals surface area contributed by atoms with Crippen molar-refractivity contribution in [1.82, 2.24) is 0 Å². The molecule has 0 atom stereocenters. The number of ketones is 1. The Morgan fingerprint density at radius 3 is 1.77 bits per heavy atom. The van der Waals surface area contributed by atoms with E-state index in [1.807, 2.05) is 56.3 Å². The minimum atomic E-state index is -0.379. The van der Waals surface area contributed by atoms with E-state index in [2.05, 4.69) is 0 Å². The molecule has 0 radical (unpaired) electrons. The quantitative estimate of drug-likeness (QED) is 0.362. The summed E-state index contributed by atoms with van der Waals surface area (Å²) in [7, 11) is 0. The number of hydrogen-bond acceptors (Lipinski definition) is 3. The molecule has 0 aliphatic carbocycles. The highest BCUT2D eigenvalue weighted by atomic mass is 16.5. The molecule has 0 amide bonds. The summed E-state index contributed by atoms with van der Waals surface area (Å²) in [6, 6.07) is 20.4. The Hall–Kier alpha value is -3.20. The molecule has 3 aromatic rings. The van der Waals surface area contributed by atoms with Gasteiger partial charge in [-0.25, -0.2) is 4.79 Å². The van der Waals surface area contributed by atoms with Crippen LogP contribution in [0.5, 0.6) is 5.75 Å². The van der Waals surface area contributed by atoms with Gasteiger partial charge >= 0.3 is 5.97 Å². The van der Waals surface area contributed by atoms with Gasteiger partial charge in [0.25, 0.3) is 0 Å². The first kappa shape index (κ1) is 17.6. The lowest BCUT2D eigenvalue weighted by molar-refractivity contribution is 0.0733. The van der Waals surface area contributed by atoms with Gasteiger partial charge in [-0.1, -0.05) is 54.1 Å². The fourth-order valence-electron chi connectivity index (χ4n) is 2.77. The number of carbonyl (C=O) groups is 2. The van der Waals surface area contributed by atoms with E-state index in [4.69, 9.17) is 4.74 Å². The number of carbonyl (C=O) groups excluding carboxylic acids is 2. The van der Waals surface area contributed by atoms with Gasteiger partial charge < -0.3 is 4.74 Å². The lowest BCUT2D eigenvalue weighted by Crippen LogP contribution is -2.09.